The first-order valence-electron chi connectivity index (χ1n) is 5.22. The predicted molar refractivity (Wildman–Crippen MR) is 77.0 cm³/mol. The van der Waals surface area contributed by atoms with Crippen molar-refractivity contribution in [1.29, 1.82) is 0 Å². The van der Waals surface area contributed by atoms with E-state index in [1.54, 1.807) is 17.9 Å². The van der Waals surface area contributed by atoms with Crippen LogP contribution < -0.4 is 5.32 Å². The van der Waals surface area contributed by atoms with Crippen LogP contribution in [-0.4, -0.2) is 20.6 Å². The maximum Gasteiger partial charge on any atom is 0.277 e. The Morgan fingerprint density at radius 2 is 2.05 bits per heavy atom. The molecule has 1 heterocycles. The number of nitro benzene ring substituents is 1. The van der Waals surface area contributed by atoms with E-state index in [1.807, 2.05) is 22.6 Å². The number of carbonyl (C=O) groups excluding carboxylic acids is 1. The number of non-ortho nitro benzene ring substituents is 1. The summed E-state index contributed by atoms with van der Waals surface area (Å²) >= 11 is 2.02. The smallest absolute Gasteiger partial charge is 0.277 e. The van der Waals surface area contributed by atoms with Crippen molar-refractivity contribution in [3.05, 3.63) is 49.8 Å². The van der Waals surface area contributed by atoms with Crippen molar-refractivity contribution in [3.8, 4) is 0 Å². The summed E-state index contributed by atoms with van der Waals surface area (Å²) in [5.41, 5.74) is 0.781. The van der Waals surface area contributed by atoms with Gasteiger partial charge in [0, 0.05) is 31.1 Å². The van der Waals surface area contributed by atoms with E-state index in [0.29, 0.717) is 11.4 Å². The second-order valence-electron chi connectivity index (χ2n) is 3.76. The molecule has 1 amide bonds. The van der Waals surface area contributed by atoms with Crippen LogP contribution in [0.4, 0.5) is 11.4 Å². The Kier molecular flexibility index (Phi) is 3.79. The summed E-state index contributed by atoms with van der Waals surface area (Å²) < 4.78 is 2.28. The molecule has 0 spiro atoms. The van der Waals surface area contributed by atoms with Crippen LogP contribution in [0, 0.1) is 13.7 Å². The van der Waals surface area contributed by atoms with Gasteiger partial charge in [0.1, 0.15) is 0 Å². The Hall–Kier alpha value is -1.97. The van der Waals surface area contributed by atoms with Crippen molar-refractivity contribution in [2.75, 3.05) is 5.32 Å². The van der Waals surface area contributed by atoms with Gasteiger partial charge in [0.05, 0.1) is 8.49 Å². The van der Waals surface area contributed by atoms with Gasteiger partial charge in [-0.15, -0.1) is 0 Å². The number of nitrogens with zero attached hydrogens (tertiary/aromatic N) is 3. The van der Waals surface area contributed by atoms with Gasteiger partial charge < -0.3 is 5.32 Å². The van der Waals surface area contributed by atoms with E-state index in [2.05, 4.69) is 10.4 Å². The van der Waals surface area contributed by atoms with Crippen molar-refractivity contribution in [2.24, 2.45) is 7.05 Å². The second kappa shape index (κ2) is 5.34. The quantitative estimate of drug-likeness (QED) is 0.508. The van der Waals surface area contributed by atoms with Gasteiger partial charge in [-0.2, -0.15) is 5.10 Å². The summed E-state index contributed by atoms with van der Waals surface area (Å²) in [5, 5.41) is 17.2. The first kappa shape index (κ1) is 13.5. The minimum Gasteiger partial charge on any atom is -0.321 e. The number of anilines is 1. The molecule has 0 aliphatic heterocycles. The van der Waals surface area contributed by atoms with Gasteiger partial charge in [0.25, 0.3) is 11.6 Å². The number of nitrogens with one attached hydrogen (secondary N) is 1. The molecule has 2 aromatic rings. The van der Waals surface area contributed by atoms with Gasteiger partial charge in [-0.1, -0.05) is 0 Å². The van der Waals surface area contributed by atoms with Gasteiger partial charge in [-0.3, -0.25) is 19.6 Å². The summed E-state index contributed by atoms with van der Waals surface area (Å²) in [6.07, 6.45) is 1.73. The van der Waals surface area contributed by atoms with Crippen molar-refractivity contribution < 1.29 is 9.72 Å². The Labute approximate surface area is 121 Å². The molecule has 1 aromatic heterocycles. The van der Waals surface area contributed by atoms with Crippen LogP contribution in [-0.2, 0) is 7.05 Å². The molecule has 0 atom stereocenters. The van der Waals surface area contributed by atoms with Crippen molar-refractivity contribution >= 4 is 39.9 Å². The van der Waals surface area contributed by atoms with E-state index in [1.165, 1.54) is 24.3 Å². The summed E-state index contributed by atoms with van der Waals surface area (Å²) in [7, 11) is 1.73. The fourth-order valence-corrected chi connectivity index (χ4v) is 2.23. The Morgan fingerprint density at radius 1 is 1.42 bits per heavy atom. The van der Waals surface area contributed by atoms with Crippen LogP contribution in [0.3, 0.4) is 0 Å². The van der Waals surface area contributed by atoms with E-state index in [0.717, 1.165) is 3.57 Å². The molecule has 0 radical (unpaired) electrons. The van der Waals surface area contributed by atoms with E-state index in [4.69, 9.17) is 0 Å². The molecule has 0 unspecified atom stereocenters. The normalized spacial score (nSPS) is 10.2. The lowest BCUT2D eigenvalue weighted by atomic mass is 10.3. The zero-order chi connectivity index (χ0) is 14.0. The summed E-state index contributed by atoms with van der Waals surface area (Å²) in [4.78, 5) is 22.0. The zero-order valence-electron chi connectivity index (χ0n) is 9.83. The van der Waals surface area contributed by atoms with Crippen LogP contribution in [0.15, 0.2) is 30.5 Å². The highest BCUT2D eigenvalue weighted by atomic mass is 127. The highest BCUT2D eigenvalue weighted by Gasteiger charge is 2.14. The number of aryl methyl sites for hydroxylation is 1. The number of rotatable bonds is 3. The van der Waals surface area contributed by atoms with Gasteiger partial charge in [-0.05, 0) is 34.7 Å². The van der Waals surface area contributed by atoms with Crippen LogP contribution >= 0.6 is 22.6 Å². The summed E-state index contributed by atoms with van der Waals surface area (Å²) in [5.74, 6) is -0.348. The molecule has 19 heavy (non-hydrogen) atoms. The van der Waals surface area contributed by atoms with E-state index >= 15 is 0 Å². The fraction of sp³-hybridized carbons (Fsp3) is 0.0909. The molecule has 1 N–H and O–H groups in total. The average Bonchev–Trinajstić information content (AvgIpc) is 2.69. The van der Waals surface area contributed by atoms with E-state index in [9.17, 15) is 14.9 Å². The molecule has 98 valence electrons. The molecular formula is C11H9IN4O3. The highest BCUT2D eigenvalue weighted by molar-refractivity contribution is 14.1. The molecule has 7 nitrogen and oxygen atoms in total. The molecular weight excluding hydrogens is 363 g/mol. The monoisotopic (exact) mass is 372 g/mol. The first-order valence-corrected chi connectivity index (χ1v) is 6.30. The number of halogens is 1. The molecule has 1 aromatic carbocycles. The lowest BCUT2D eigenvalue weighted by Gasteiger charge is -2.02. The summed E-state index contributed by atoms with van der Waals surface area (Å²) in [6.45, 7) is 0. The topological polar surface area (TPSA) is 90.1 Å². The predicted octanol–water partition coefficient (Wildman–Crippen LogP) is 2.19. The summed E-state index contributed by atoms with van der Waals surface area (Å²) in [6, 6.07) is 5.62. The van der Waals surface area contributed by atoms with Gasteiger partial charge in [0.15, 0.2) is 5.69 Å². The number of nitro groups is 1. The third-order valence-electron chi connectivity index (χ3n) is 2.34. The Bertz CT molecular complexity index is 636. The van der Waals surface area contributed by atoms with E-state index < -0.39 is 4.92 Å². The zero-order valence-corrected chi connectivity index (χ0v) is 12.0. The van der Waals surface area contributed by atoms with Crippen molar-refractivity contribution in [2.45, 2.75) is 0 Å². The maximum atomic E-state index is 11.9. The Morgan fingerprint density at radius 3 is 2.53 bits per heavy atom. The average molecular weight is 372 g/mol. The van der Waals surface area contributed by atoms with Crippen LogP contribution in [0.25, 0.3) is 0 Å². The van der Waals surface area contributed by atoms with Gasteiger partial charge in [0.2, 0.25) is 0 Å². The SMILES string of the molecule is Cn1cc(I)c(C(=O)Nc2ccc([N+](=O)[O-])cc2)n1. The number of amides is 1. The Balaban J connectivity index is 2.15. The van der Waals surface area contributed by atoms with Gasteiger partial charge >= 0.3 is 0 Å². The number of hydrogen-bond donors (Lipinski definition) is 1. The third-order valence-corrected chi connectivity index (χ3v) is 3.12. The molecule has 8 heteroatoms. The van der Waals surface area contributed by atoms with Crippen LogP contribution in [0.5, 0.6) is 0 Å². The maximum absolute atomic E-state index is 11.9. The lowest BCUT2D eigenvalue weighted by Crippen LogP contribution is -2.14. The second-order valence-corrected chi connectivity index (χ2v) is 4.92. The molecule has 2 rings (SSSR count). The molecule has 0 aliphatic rings. The molecule has 0 fully saturated rings. The van der Waals surface area contributed by atoms with Crippen molar-refractivity contribution in [1.82, 2.24) is 9.78 Å². The van der Waals surface area contributed by atoms with E-state index in [-0.39, 0.29) is 11.6 Å². The molecule has 0 saturated carbocycles. The number of benzene rings is 1. The minimum absolute atomic E-state index is 0.0228. The molecule has 0 bridgehead atoms. The van der Waals surface area contributed by atoms with Crippen molar-refractivity contribution in [3.63, 3.8) is 0 Å². The number of hydrogen-bond acceptors (Lipinski definition) is 4. The van der Waals surface area contributed by atoms with Crippen LogP contribution in [0.1, 0.15) is 10.5 Å². The third kappa shape index (κ3) is 3.08. The number of aromatic nitrogens is 2. The molecule has 0 saturated heterocycles. The standard InChI is InChI=1S/C11H9IN4O3/c1-15-6-9(12)10(14-15)11(17)13-7-2-4-8(5-3-7)16(18)19/h2-6H,1H3,(H,13,17). The largest absolute Gasteiger partial charge is 0.321 e. The number of carbonyl (C=O) groups is 1. The minimum atomic E-state index is -0.493. The van der Waals surface area contributed by atoms with Gasteiger partial charge in [-0.25, -0.2) is 0 Å². The van der Waals surface area contributed by atoms with Crippen LogP contribution in [0.2, 0.25) is 0 Å². The fourth-order valence-electron chi connectivity index (χ4n) is 1.47. The lowest BCUT2D eigenvalue weighted by molar-refractivity contribution is -0.384. The molecule has 0 aliphatic carbocycles. The highest BCUT2D eigenvalue weighted by Crippen LogP contribution is 2.17. The first-order chi connectivity index (χ1) is 8.97.